The van der Waals surface area contributed by atoms with Crippen LogP contribution in [0.4, 0.5) is 4.79 Å². The minimum atomic E-state index is -0.830. The summed E-state index contributed by atoms with van der Waals surface area (Å²) in [4.78, 5) is 25.7. The predicted octanol–water partition coefficient (Wildman–Crippen LogP) is 2.62. The molecule has 2 aliphatic heterocycles. The second-order valence-corrected chi connectivity index (χ2v) is 7.54. The molecule has 2 amide bonds. The van der Waals surface area contributed by atoms with Gasteiger partial charge in [0.2, 0.25) is 0 Å². The summed E-state index contributed by atoms with van der Waals surface area (Å²) in [7, 11) is 0. The van der Waals surface area contributed by atoms with E-state index in [4.69, 9.17) is 4.74 Å². The molecule has 3 rings (SSSR count). The Kier molecular flexibility index (Phi) is 5.51. The van der Waals surface area contributed by atoms with E-state index in [1.165, 1.54) is 5.56 Å². The molecule has 1 aromatic rings. The van der Waals surface area contributed by atoms with Crippen LogP contribution >= 0.6 is 0 Å². The number of benzene rings is 1. The predicted molar refractivity (Wildman–Crippen MR) is 97.9 cm³/mol. The van der Waals surface area contributed by atoms with E-state index in [0.29, 0.717) is 26.1 Å². The summed E-state index contributed by atoms with van der Waals surface area (Å²) in [5, 5.41) is 12.3. The standard InChI is InChI=1S/C20H28N2O4/c1-3-20(17-7-5-4-6-15(17)8-9-26-20)13-21-19(25)22-11-14(2)10-16(12-22)18(23)24/h4-7,14,16H,3,8-13H2,1-2H3,(H,21,25)(H,23,24). The Morgan fingerprint density at radius 1 is 1.35 bits per heavy atom. The van der Waals surface area contributed by atoms with Gasteiger partial charge < -0.3 is 20.1 Å². The van der Waals surface area contributed by atoms with E-state index >= 15 is 0 Å². The van der Waals surface area contributed by atoms with Gasteiger partial charge >= 0.3 is 12.0 Å². The zero-order valence-corrected chi connectivity index (χ0v) is 15.5. The fraction of sp³-hybridized carbons (Fsp3) is 0.600. The largest absolute Gasteiger partial charge is 0.481 e. The van der Waals surface area contributed by atoms with Crippen LogP contribution in [-0.2, 0) is 21.6 Å². The summed E-state index contributed by atoms with van der Waals surface area (Å²) >= 11 is 0. The summed E-state index contributed by atoms with van der Waals surface area (Å²) in [5.41, 5.74) is 1.90. The van der Waals surface area contributed by atoms with Gasteiger partial charge in [-0.3, -0.25) is 4.79 Å². The molecule has 142 valence electrons. The molecule has 2 N–H and O–H groups in total. The molecule has 0 radical (unpaired) electrons. The van der Waals surface area contributed by atoms with Gasteiger partial charge in [0, 0.05) is 13.1 Å². The number of nitrogens with zero attached hydrogens (tertiary/aromatic N) is 1. The van der Waals surface area contributed by atoms with Crippen LogP contribution in [0.15, 0.2) is 24.3 Å². The lowest BCUT2D eigenvalue weighted by atomic mass is 9.84. The summed E-state index contributed by atoms with van der Waals surface area (Å²) in [5.74, 6) is -1.14. The maximum atomic E-state index is 12.7. The van der Waals surface area contributed by atoms with Gasteiger partial charge in [-0.25, -0.2) is 4.79 Å². The van der Waals surface area contributed by atoms with Crippen molar-refractivity contribution in [3.05, 3.63) is 35.4 Å². The fourth-order valence-corrected chi connectivity index (χ4v) is 4.21. The van der Waals surface area contributed by atoms with Crippen LogP contribution in [0.1, 0.15) is 37.8 Å². The number of carbonyl (C=O) groups is 2. The first-order valence-electron chi connectivity index (χ1n) is 9.43. The minimum Gasteiger partial charge on any atom is -0.481 e. The molecule has 2 heterocycles. The van der Waals surface area contributed by atoms with Gasteiger partial charge in [0.1, 0.15) is 5.60 Å². The molecule has 2 aliphatic rings. The van der Waals surface area contributed by atoms with Gasteiger partial charge in [0.25, 0.3) is 0 Å². The quantitative estimate of drug-likeness (QED) is 0.865. The highest BCUT2D eigenvalue weighted by Crippen LogP contribution is 2.35. The zero-order chi connectivity index (χ0) is 18.7. The Balaban J connectivity index is 1.69. The number of hydrogen-bond donors (Lipinski definition) is 2. The Morgan fingerprint density at radius 2 is 2.12 bits per heavy atom. The number of carboxylic acids is 1. The Labute approximate surface area is 154 Å². The SMILES string of the molecule is CCC1(CNC(=O)N2CC(C)CC(C(=O)O)C2)OCCc2ccccc21. The fourth-order valence-electron chi connectivity index (χ4n) is 4.21. The summed E-state index contributed by atoms with van der Waals surface area (Å²) in [6.07, 6.45) is 2.27. The highest BCUT2D eigenvalue weighted by atomic mass is 16.5. The molecule has 0 aromatic heterocycles. The number of ether oxygens (including phenoxy) is 1. The smallest absolute Gasteiger partial charge is 0.317 e. The lowest BCUT2D eigenvalue weighted by molar-refractivity contribution is -0.143. The Morgan fingerprint density at radius 3 is 2.85 bits per heavy atom. The molecule has 1 aromatic carbocycles. The first-order chi connectivity index (χ1) is 12.4. The Hall–Kier alpha value is -2.08. The number of aliphatic carboxylic acids is 1. The van der Waals surface area contributed by atoms with Crippen LogP contribution in [-0.4, -0.2) is 48.2 Å². The number of carbonyl (C=O) groups excluding carboxylic acids is 1. The van der Waals surface area contributed by atoms with Gasteiger partial charge in [-0.2, -0.15) is 0 Å². The number of fused-ring (bicyclic) bond motifs is 1. The number of carboxylic acid groups (broad SMARTS) is 1. The number of urea groups is 1. The number of amides is 2. The van der Waals surface area contributed by atoms with Crippen LogP contribution in [0.3, 0.4) is 0 Å². The monoisotopic (exact) mass is 360 g/mol. The highest BCUT2D eigenvalue weighted by Gasteiger charge is 2.38. The third-order valence-corrected chi connectivity index (χ3v) is 5.65. The van der Waals surface area contributed by atoms with Crippen molar-refractivity contribution in [3.8, 4) is 0 Å². The van der Waals surface area contributed by atoms with E-state index in [1.807, 2.05) is 19.1 Å². The second kappa shape index (κ2) is 7.66. The number of nitrogens with one attached hydrogen (secondary N) is 1. The minimum absolute atomic E-state index is 0.183. The van der Waals surface area contributed by atoms with E-state index in [9.17, 15) is 14.7 Å². The molecule has 1 saturated heterocycles. The Bertz CT molecular complexity index is 678. The third-order valence-electron chi connectivity index (χ3n) is 5.65. The molecule has 6 nitrogen and oxygen atoms in total. The molecular weight excluding hydrogens is 332 g/mol. The van der Waals surface area contributed by atoms with Gasteiger partial charge in [-0.05, 0) is 36.3 Å². The van der Waals surface area contributed by atoms with Gasteiger partial charge in [-0.1, -0.05) is 38.1 Å². The van der Waals surface area contributed by atoms with Crippen LogP contribution in [0.2, 0.25) is 0 Å². The first-order valence-corrected chi connectivity index (χ1v) is 9.43. The normalized spacial score (nSPS) is 28.3. The average molecular weight is 360 g/mol. The molecule has 1 fully saturated rings. The molecule has 3 atom stereocenters. The number of likely N-dealkylation sites (tertiary alicyclic amines) is 1. The summed E-state index contributed by atoms with van der Waals surface area (Å²) in [6, 6.07) is 8.03. The van der Waals surface area contributed by atoms with E-state index in [0.717, 1.165) is 18.4 Å². The maximum absolute atomic E-state index is 12.7. The molecule has 0 aliphatic carbocycles. The first kappa shape index (κ1) is 18.7. The molecule has 26 heavy (non-hydrogen) atoms. The van der Waals surface area contributed by atoms with Crippen molar-refractivity contribution in [2.45, 2.75) is 38.7 Å². The summed E-state index contributed by atoms with van der Waals surface area (Å²) in [6.45, 7) is 5.94. The summed E-state index contributed by atoms with van der Waals surface area (Å²) < 4.78 is 6.13. The average Bonchev–Trinajstić information content (AvgIpc) is 2.65. The number of hydrogen-bond acceptors (Lipinski definition) is 3. The third kappa shape index (κ3) is 3.70. The van der Waals surface area contributed by atoms with E-state index in [-0.39, 0.29) is 18.5 Å². The van der Waals surface area contributed by atoms with Crippen molar-refractivity contribution in [1.29, 1.82) is 0 Å². The lowest BCUT2D eigenvalue weighted by Gasteiger charge is -2.40. The van der Waals surface area contributed by atoms with E-state index in [2.05, 4.69) is 24.4 Å². The van der Waals surface area contributed by atoms with Crippen LogP contribution < -0.4 is 5.32 Å². The molecule has 0 spiro atoms. The van der Waals surface area contributed by atoms with Crippen LogP contribution in [0.5, 0.6) is 0 Å². The van der Waals surface area contributed by atoms with Crippen LogP contribution in [0, 0.1) is 11.8 Å². The molecular formula is C20H28N2O4. The van der Waals surface area contributed by atoms with Crippen LogP contribution in [0.25, 0.3) is 0 Å². The second-order valence-electron chi connectivity index (χ2n) is 7.54. The number of piperidine rings is 1. The van der Waals surface area contributed by atoms with E-state index in [1.54, 1.807) is 4.90 Å². The zero-order valence-electron chi connectivity index (χ0n) is 15.5. The van der Waals surface area contributed by atoms with Crippen molar-refractivity contribution >= 4 is 12.0 Å². The van der Waals surface area contributed by atoms with Gasteiger partial charge in [-0.15, -0.1) is 0 Å². The van der Waals surface area contributed by atoms with Crippen molar-refractivity contribution in [1.82, 2.24) is 10.2 Å². The van der Waals surface area contributed by atoms with Gasteiger partial charge in [0.15, 0.2) is 0 Å². The highest BCUT2D eigenvalue weighted by molar-refractivity contribution is 5.76. The molecule has 0 bridgehead atoms. The van der Waals surface area contributed by atoms with Gasteiger partial charge in [0.05, 0.1) is 19.1 Å². The van der Waals surface area contributed by atoms with Crippen molar-refractivity contribution in [3.63, 3.8) is 0 Å². The molecule has 3 unspecified atom stereocenters. The molecule has 0 saturated carbocycles. The maximum Gasteiger partial charge on any atom is 0.317 e. The topological polar surface area (TPSA) is 78.9 Å². The van der Waals surface area contributed by atoms with Crippen molar-refractivity contribution in [2.75, 3.05) is 26.2 Å². The lowest BCUT2D eigenvalue weighted by Crippen LogP contribution is -2.53. The van der Waals surface area contributed by atoms with E-state index < -0.39 is 17.5 Å². The number of rotatable bonds is 4. The molecule has 6 heteroatoms. The van der Waals surface area contributed by atoms with Crippen molar-refractivity contribution < 1.29 is 19.4 Å². The van der Waals surface area contributed by atoms with Crippen molar-refractivity contribution in [2.24, 2.45) is 11.8 Å².